The molecule has 150 valence electrons. The first-order valence-electron chi connectivity index (χ1n) is 8.41. The summed E-state index contributed by atoms with van der Waals surface area (Å²) in [5, 5.41) is 5.24. The number of sulfonamides is 1. The Bertz CT molecular complexity index is 823. The number of hydrogen-bond acceptors (Lipinski definition) is 6. The second kappa shape index (κ2) is 11.2. The van der Waals surface area contributed by atoms with Crippen LogP contribution in [0.25, 0.3) is 11.3 Å². The van der Waals surface area contributed by atoms with E-state index >= 15 is 0 Å². The molecule has 0 unspecified atom stereocenters. The Morgan fingerprint density at radius 2 is 1.81 bits per heavy atom. The molecule has 27 heavy (non-hydrogen) atoms. The molecule has 1 aromatic carbocycles. The fourth-order valence-corrected chi connectivity index (χ4v) is 3.65. The van der Waals surface area contributed by atoms with E-state index in [1.54, 1.807) is 24.3 Å². The largest absolute Gasteiger partial charge is 0.330 e. The summed E-state index contributed by atoms with van der Waals surface area (Å²) < 4.78 is 24.9. The van der Waals surface area contributed by atoms with E-state index in [2.05, 4.69) is 15.0 Å². The van der Waals surface area contributed by atoms with Gasteiger partial charge in [-0.25, -0.2) is 13.4 Å². The number of nitrogens with zero attached hydrogens (tertiary/aromatic N) is 1. The van der Waals surface area contributed by atoms with Gasteiger partial charge in [0.15, 0.2) is 5.13 Å². The van der Waals surface area contributed by atoms with E-state index in [4.69, 9.17) is 5.73 Å². The van der Waals surface area contributed by atoms with E-state index in [0.29, 0.717) is 23.8 Å². The van der Waals surface area contributed by atoms with Gasteiger partial charge in [-0.1, -0.05) is 25.0 Å². The molecule has 0 saturated carbocycles. The summed E-state index contributed by atoms with van der Waals surface area (Å²) in [7, 11) is -3.29. The van der Waals surface area contributed by atoms with Crippen molar-refractivity contribution in [1.82, 2.24) is 4.98 Å². The van der Waals surface area contributed by atoms with Crippen molar-refractivity contribution in [2.45, 2.75) is 32.1 Å². The Labute approximate surface area is 170 Å². The Morgan fingerprint density at radius 3 is 2.44 bits per heavy atom. The highest BCUT2D eigenvalue weighted by Gasteiger charge is 2.09. The minimum atomic E-state index is -3.29. The lowest BCUT2D eigenvalue weighted by molar-refractivity contribution is -0.116. The molecule has 1 heterocycles. The van der Waals surface area contributed by atoms with Crippen molar-refractivity contribution >= 4 is 50.5 Å². The molecule has 0 radical (unpaired) electrons. The van der Waals surface area contributed by atoms with Gasteiger partial charge in [0.2, 0.25) is 15.9 Å². The van der Waals surface area contributed by atoms with Crippen LogP contribution in [0.3, 0.4) is 0 Å². The summed E-state index contributed by atoms with van der Waals surface area (Å²) >= 11 is 1.36. The van der Waals surface area contributed by atoms with Gasteiger partial charge >= 0.3 is 0 Å². The SMILES string of the molecule is CS(=O)(=O)Nc1ccc(-c2csc(NC(=O)CCCCCCN)n2)cc1.Cl. The number of aromatic nitrogens is 1. The Kier molecular flexibility index (Phi) is 9.71. The average molecular weight is 433 g/mol. The second-order valence-corrected chi connectivity index (χ2v) is 8.60. The Balaban J connectivity index is 0.00000364. The Morgan fingerprint density at radius 1 is 1.15 bits per heavy atom. The number of hydrogen-bond donors (Lipinski definition) is 3. The lowest BCUT2D eigenvalue weighted by atomic mass is 10.1. The third kappa shape index (κ3) is 8.70. The van der Waals surface area contributed by atoms with Crippen LogP contribution in [0.4, 0.5) is 10.8 Å². The highest BCUT2D eigenvalue weighted by Crippen LogP contribution is 2.26. The van der Waals surface area contributed by atoms with Gasteiger partial charge in [0.05, 0.1) is 11.9 Å². The van der Waals surface area contributed by atoms with E-state index < -0.39 is 10.0 Å². The molecule has 1 aromatic heterocycles. The predicted octanol–water partition coefficient (Wildman–Crippen LogP) is 3.45. The molecule has 0 saturated heterocycles. The van der Waals surface area contributed by atoms with Crippen LogP contribution in [0.2, 0.25) is 0 Å². The van der Waals surface area contributed by atoms with Crippen molar-refractivity contribution in [3.63, 3.8) is 0 Å². The number of unbranched alkanes of at least 4 members (excludes halogenated alkanes) is 3. The first kappa shape index (κ1) is 23.4. The number of carbonyl (C=O) groups excluding carboxylic acids is 1. The molecule has 2 rings (SSSR count). The molecule has 0 aliphatic rings. The van der Waals surface area contributed by atoms with E-state index in [1.807, 2.05) is 5.38 Å². The number of nitrogens with two attached hydrogens (primary N) is 1. The van der Waals surface area contributed by atoms with E-state index in [0.717, 1.165) is 43.2 Å². The van der Waals surface area contributed by atoms with Crippen molar-refractivity contribution in [1.29, 1.82) is 0 Å². The van der Waals surface area contributed by atoms with Gasteiger partial charge < -0.3 is 11.1 Å². The quantitative estimate of drug-likeness (QED) is 0.497. The maximum atomic E-state index is 11.9. The van der Waals surface area contributed by atoms with E-state index in [-0.39, 0.29) is 18.3 Å². The molecule has 2 aromatic rings. The van der Waals surface area contributed by atoms with Crippen LogP contribution < -0.4 is 15.8 Å². The van der Waals surface area contributed by atoms with Crippen molar-refractivity contribution in [2.75, 3.05) is 22.8 Å². The van der Waals surface area contributed by atoms with E-state index in [1.165, 1.54) is 11.3 Å². The van der Waals surface area contributed by atoms with Gasteiger partial charge in [-0.15, -0.1) is 23.7 Å². The second-order valence-electron chi connectivity index (χ2n) is 5.99. The number of nitrogens with one attached hydrogen (secondary N) is 2. The number of anilines is 2. The third-order valence-corrected chi connectivity index (χ3v) is 4.96. The fraction of sp³-hybridized carbons (Fsp3) is 0.412. The van der Waals surface area contributed by atoms with Crippen molar-refractivity contribution in [2.24, 2.45) is 5.73 Å². The maximum Gasteiger partial charge on any atom is 0.229 e. The number of carbonyl (C=O) groups is 1. The van der Waals surface area contributed by atoms with E-state index in [9.17, 15) is 13.2 Å². The lowest BCUT2D eigenvalue weighted by Crippen LogP contribution is -2.10. The highest BCUT2D eigenvalue weighted by molar-refractivity contribution is 7.92. The van der Waals surface area contributed by atoms with Gasteiger partial charge in [-0.2, -0.15) is 0 Å². The lowest BCUT2D eigenvalue weighted by Gasteiger charge is -2.04. The van der Waals surface area contributed by atoms with Crippen molar-refractivity contribution in [3.8, 4) is 11.3 Å². The molecular weight excluding hydrogens is 408 g/mol. The minimum absolute atomic E-state index is 0. The molecule has 0 atom stereocenters. The maximum absolute atomic E-state index is 11.9. The minimum Gasteiger partial charge on any atom is -0.330 e. The molecular formula is C17H25ClN4O3S2. The summed E-state index contributed by atoms with van der Waals surface area (Å²) in [5.74, 6) is -0.0358. The number of amides is 1. The van der Waals surface area contributed by atoms with Crippen LogP contribution in [0.15, 0.2) is 29.6 Å². The van der Waals surface area contributed by atoms with Crippen LogP contribution in [-0.4, -0.2) is 32.1 Å². The molecule has 0 fully saturated rings. The van der Waals surface area contributed by atoms with Crippen LogP contribution in [0.5, 0.6) is 0 Å². The molecule has 0 aliphatic heterocycles. The molecule has 4 N–H and O–H groups in total. The number of halogens is 1. The standard InChI is InChI=1S/C17H24N4O3S2.ClH/c1-26(23,24)21-14-9-7-13(8-10-14)15-12-25-17(19-15)20-16(22)6-4-2-3-5-11-18;/h7-10,12,21H,2-6,11,18H2,1H3,(H,19,20,22);1H. The summed E-state index contributed by atoms with van der Waals surface area (Å²) in [4.78, 5) is 16.3. The summed E-state index contributed by atoms with van der Waals surface area (Å²) in [6.07, 6.45) is 5.48. The first-order valence-corrected chi connectivity index (χ1v) is 11.2. The van der Waals surface area contributed by atoms with Crippen LogP contribution in [0.1, 0.15) is 32.1 Å². The normalized spacial score (nSPS) is 10.9. The number of thiazole rings is 1. The van der Waals surface area contributed by atoms with Gasteiger partial charge in [0.1, 0.15) is 0 Å². The molecule has 0 aliphatic carbocycles. The van der Waals surface area contributed by atoms with Gasteiger partial charge in [-0.05, 0) is 31.5 Å². The smallest absolute Gasteiger partial charge is 0.229 e. The van der Waals surface area contributed by atoms with Crippen molar-refractivity contribution in [3.05, 3.63) is 29.6 Å². The van der Waals surface area contributed by atoms with Crippen LogP contribution in [-0.2, 0) is 14.8 Å². The topological polar surface area (TPSA) is 114 Å². The first-order chi connectivity index (χ1) is 12.4. The zero-order valence-corrected chi connectivity index (χ0v) is 17.6. The highest BCUT2D eigenvalue weighted by atomic mass is 35.5. The van der Waals surface area contributed by atoms with Crippen LogP contribution in [0, 0.1) is 0 Å². The zero-order chi connectivity index (χ0) is 19.0. The van der Waals surface area contributed by atoms with Gasteiger partial charge in [0, 0.05) is 23.1 Å². The molecule has 0 bridgehead atoms. The molecule has 10 heteroatoms. The Hall–Kier alpha value is -1.68. The van der Waals surface area contributed by atoms with Gasteiger partial charge in [0.25, 0.3) is 0 Å². The average Bonchev–Trinajstić information content (AvgIpc) is 3.02. The number of rotatable bonds is 10. The predicted molar refractivity (Wildman–Crippen MR) is 114 cm³/mol. The summed E-state index contributed by atoms with van der Waals surface area (Å²) in [6, 6.07) is 6.92. The van der Waals surface area contributed by atoms with Crippen LogP contribution >= 0.6 is 23.7 Å². The number of benzene rings is 1. The monoisotopic (exact) mass is 432 g/mol. The molecule has 0 spiro atoms. The van der Waals surface area contributed by atoms with Crippen molar-refractivity contribution < 1.29 is 13.2 Å². The fourth-order valence-electron chi connectivity index (χ4n) is 2.35. The third-order valence-electron chi connectivity index (χ3n) is 3.59. The molecule has 7 nitrogen and oxygen atoms in total. The summed E-state index contributed by atoms with van der Waals surface area (Å²) in [6.45, 7) is 0.694. The van der Waals surface area contributed by atoms with Gasteiger partial charge in [-0.3, -0.25) is 9.52 Å². The summed E-state index contributed by atoms with van der Waals surface area (Å²) in [5.41, 5.74) is 7.52. The zero-order valence-electron chi connectivity index (χ0n) is 15.1. The molecule has 1 amide bonds.